The summed E-state index contributed by atoms with van der Waals surface area (Å²) in [6, 6.07) is 42.5. The van der Waals surface area contributed by atoms with Gasteiger partial charge in [-0.15, -0.1) is 0 Å². The van der Waals surface area contributed by atoms with Crippen molar-refractivity contribution in [2.45, 2.75) is 44.5 Å². The lowest BCUT2D eigenvalue weighted by Crippen LogP contribution is -2.38. The number of anilines is 2. The number of hydrogen-bond donors (Lipinski definition) is 3. The van der Waals surface area contributed by atoms with Crippen molar-refractivity contribution >= 4 is 17.4 Å². The second kappa shape index (κ2) is 15.7. The molecule has 1 heterocycles. The van der Waals surface area contributed by atoms with Gasteiger partial charge in [-0.25, -0.2) is 4.79 Å². The van der Waals surface area contributed by atoms with Crippen LogP contribution in [-0.4, -0.2) is 35.7 Å². The highest BCUT2D eigenvalue weighted by Crippen LogP contribution is 2.39. The topological polar surface area (TPSA) is 92.3 Å². The largest absolute Gasteiger partial charge is 0.457 e. The van der Waals surface area contributed by atoms with E-state index in [1.807, 2.05) is 97.1 Å². The zero-order valence-electron chi connectivity index (χ0n) is 27.2. The first kappa shape index (κ1) is 32.9. The molecule has 0 saturated carbocycles. The molecule has 0 spiro atoms. The Morgan fingerprint density at radius 2 is 1.33 bits per heavy atom. The van der Waals surface area contributed by atoms with Gasteiger partial charge >= 0.3 is 6.03 Å². The number of nitrogens with zero attached hydrogens (tertiary/aromatic N) is 1. The molecule has 8 heteroatoms. The van der Waals surface area contributed by atoms with Crippen LogP contribution in [-0.2, 0) is 16.1 Å². The number of benzene rings is 5. The molecule has 1 aliphatic heterocycles. The molecule has 1 saturated heterocycles. The average Bonchev–Trinajstić information content (AvgIpc) is 3.13. The van der Waals surface area contributed by atoms with Gasteiger partial charge in [0.2, 0.25) is 0 Å². The van der Waals surface area contributed by atoms with Crippen LogP contribution in [0.3, 0.4) is 0 Å². The van der Waals surface area contributed by atoms with Gasteiger partial charge in [0.15, 0.2) is 6.29 Å². The first-order valence-corrected chi connectivity index (χ1v) is 16.2. The summed E-state index contributed by atoms with van der Waals surface area (Å²) < 4.78 is 18.9. The molecule has 2 amide bonds. The van der Waals surface area contributed by atoms with E-state index in [-0.39, 0.29) is 30.9 Å². The standard InChI is InChI=1S/C40H41N3O5/c1-28(30-9-5-3-6-10-30)43(2)26-37-25-38(31-15-13-29(27-44)14-16-31)48-39(47-37)32-17-19-33(20-18-32)41-40(45)42-34-21-23-36(24-22-34)46-35-11-7-4-8-12-35/h3-24,28,37-39,44H,25-27H2,1-2H3,(H2,41,42,45)/t28-,37-,38+,39+/m0/s1. The quantitative estimate of drug-likeness (QED) is 0.133. The maximum atomic E-state index is 12.8. The molecule has 1 aliphatic rings. The van der Waals surface area contributed by atoms with Crippen molar-refractivity contribution in [2.75, 3.05) is 24.2 Å². The molecule has 0 aliphatic carbocycles. The van der Waals surface area contributed by atoms with Crippen LogP contribution in [0.4, 0.5) is 16.2 Å². The van der Waals surface area contributed by atoms with E-state index in [0.29, 0.717) is 23.5 Å². The van der Waals surface area contributed by atoms with Gasteiger partial charge in [-0.05, 0) is 79.2 Å². The minimum atomic E-state index is -0.591. The number of rotatable bonds is 11. The highest BCUT2D eigenvalue weighted by atomic mass is 16.7. The van der Waals surface area contributed by atoms with Crippen LogP contribution in [0, 0.1) is 0 Å². The summed E-state index contributed by atoms with van der Waals surface area (Å²) in [7, 11) is 2.12. The Morgan fingerprint density at radius 3 is 1.96 bits per heavy atom. The molecule has 246 valence electrons. The van der Waals surface area contributed by atoms with Gasteiger partial charge in [0.1, 0.15) is 11.5 Å². The Balaban J connectivity index is 1.10. The van der Waals surface area contributed by atoms with E-state index >= 15 is 0 Å². The van der Waals surface area contributed by atoms with E-state index < -0.39 is 6.29 Å². The highest BCUT2D eigenvalue weighted by molar-refractivity contribution is 5.99. The van der Waals surface area contributed by atoms with E-state index in [0.717, 1.165) is 29.0 Å². The molecule has 0 radical (unpaired) electrons. The molecule has 3 N–H and O–H groups in total. The van der Waals surface area contributed by atoms with Crippen LogP contribution in [0.15, 0.2) is 133 Å². The number of hydrogen-bond acceptors (Lipinski definition) is 6. The lowest BCUT2D eigenvalue weighted by atomic mass is 9.99. The SMILES string of the molecule is C[C@@H](c1ccccc1)N(C)C[C@@H]1C[C@H](c2ccc(CO)cc2)O[C@H](c2ccc(NC(=O)Nc3ccc(Oc4ccccc4)cc3)cc2)O1. The lowest BCUT2D eigenvalue weighted by Gasteiger charge is -2.39. The lowest BCUT2D eigenvalue weighted by molar-refractivity contribution is -0.253. The fourth-order valence-electron chi connectivity index (χ4n) is 5.75. The predicted molar refractivity (Wildman–Crippen MR) is 188 cm³/mol. The summed E-state index contributed by atoms with van der Waals surface area (Å²) >= 11 is 0. The zero-order valence-corrected chi connectivity index (χ0v) is 27.2. The molecule has 4 atom stereocenters. The number of carbonyl (C=O) groups is 1. The number of amides is 2. The fourth-order valence-corrected chi connectivity index (χ4v) is 5.75. The number of ether oxygens (including phenoxy) is 3. The summed E-state index contributed by atoms with van der Waals surface area (Å²) in [5.74, 6) is 1.43. The molecule has 48 heavy (non-hydrogen) atoms. The Labute approximate surface area is 281 Å². The number of urea groups is 1. The Bertz CT molecular complexity index is 1730. The molecule has 1 fully saturated rings. The number of aliphatic hydroxyl groups excluding tert-OH is 1. The third-order valence-corrected chi connectivity index (χ3v) is 8.58. The zero-order chi connectivity index (χ0) is 33.3. The fraction of sp³-hybridized carbons (Fsp3) is 0.225. The number of nitrogens with one attached hydrogen (secondary N) is 2. The van der Waals surface area contributed by atoms with E-state index in [4.69, 9.17) is 14.2 Å². The third kappa shape index (κ3) is 8.67. The number of likely N-dealkylation sites (N-methyl/N-ethyl adjacent to an activating group) is 1. The van der Waals surface area contributed by atoms with Crippen LogP contribution in [0.5, 0.6) is 11.5 Å². The van der Waals surface area contributed by atoms with Gasteiger partial charge in [-0.3, -0.25) is 4.90 Å². The van der Waals surface area contributed by atoms with Gasteiger partial charge in [-0.1, -0.05) is 84.9 Å². The molecule has 0 bridgehead atoms. The van der Waals surface area contributed by atoms with Crippen molar-refractivity contribution in [1.82, 2.24) is 4.90 Å². The number of para-hydroxylation sites is 1. The summed E-state index contributed by atoms with van der Waals surface area (Å²) in [5, 5.41) is 15.3. The second-order valence-corrected chi connectivity index (χ2v) is 12.0. The van der Waals surface area contributed by atoms with Crippen LogP contribution in [0.1, 0.15) is 54.0 Å². The molecular formula is C40H41N3O5. The van der Waals surface area contributed by atoms with Crippen molar-refractivity contribution in [3.63, 3.8) is 0 Å². The van der Waals surface area contributed by atoms with Gasteiger partial charge in [0, 0.05) is 35.9 Å². The molecule has 8 nitrogen and oxygen atoms in total. The maximum absolute atomic E-state index is 12.8. The molecule has 0 unspecified atom stereocenters. The summed E-state index contributed by atoms with van der Waals surface area (Å²) in [4.78, 5) is 15.1. The minimum Gasteiger partial charge on any atom is -0.457 e. The van der Waals surface area contributed by atoms with E-state index in [1.165, 1.54) is 5.56 Å². The molecule has 6 rings (SSSR count). The van der Waals surface area contributed by atoms with Crippen molar-refractivity contribution in [3.05, 3.63) is 156 Å². The van der Waals surface area contributed by atoms with Gasteiger partial charge in [0.25, 0.3) is 0 Å². The number of aliphatic hydroxyl groups is 1. The summed E-state index contributed by atoms with van der Waals surface area (Å²) in [5.41, 5.74) is 5.29. The number of carbonyl (C=O) groups excluding carboxylic acids is 1. The average molecular weight is 644 g/mol. The van der Waals surface area contributed by atoms with Crippen LogP contribution in [0.25, 0.3) is 0 Å². The Hall–Kier alpha value is -4.99. The maximum Gasteiger partial charge on any atom is 0.323 e. The van der Waals surface area contributed by atoms with Crippen LogP contribution < -0.4 is 15.4 Å². The van der Waals surface area contributed by atoms with E-state index in [9.17, 15) is 9.90 Å². The molecule has 5 aromatic carbocycles. The van der Waals surface area contributed by atoms with Crippen molar-refractivity contribution < 1.29 is 24.1 Å². The van der Waals surface area contributed by atoms with Crippen LogP contribution >= 0.6 is 0 Å². The van der Waals surface area contributed by atoms with Gasteiger partial charge < -0.3 is 30.0 Å². The van der Waals surface area contributed by atoms with Crippen LogP contribution in [0.2, 0.25) is 0 Å². The van der Waals surface area contributed by atoms with E-state index in [2.05, 4.69) is 53.8 Å². The Kier molecular flexibility index (Phi) is 10.8. The third-order valence-electron chi connectivity index (χ3n) is 8.58. The molecule has 0 aromatic heterocycles. The smallest absolute Gasteiger partial charge is 0.323 e. The van der Waals surface area contributed by atoms with Gasteiger partial charge in [-0.2, -0.15) is 0 Å². The minimum absolute atomic E-state index is 0.00324. The first-order chi connectivity index (χ1) is 23.4. The van der Waals surface area contributed by atoms with Crippen molar-refractivity contribution in [3.8, 4) is 11.5 Å². The van der Waals surface area contributed by atoms with Crippen molar-refractivity contribution in [2.24, 2.45) is 0 Å². The Morgan fingerprint density at radius 1 is 0.771 bits per heavy atom. The van der Waals surface area contributed by atoms with E-state index in [1.54, 1.807) is 12.1 Å². The summed E-state index contributed by atoms with van der Waals surface area (Å²) in [6.07, 6.45) is -0.170. The predicted octanol–water partition coefficient (Wildman–Crippen LogP) is 8.85. The summed E-state index contributed by atoms with van der Waals surface area (Å²) in [6.45, 7) is 2.92. The molecular weight excluding hydrogens is 602 g/mol. The second-order valence-electron chi connectivity index (χ2n) is 12.0. The highest BCUT2D eigenvalue weighted by Gasteiger charge is 2.33. The monoisotopic (exact) mass is 643 g/mol. The van der Waals surface area contributed by atoms with Crippen molar-refractivity contribution in [1.29, 1.82) is 0 Å². The normalized spacial score (nSPS) is 18.2. The molecule has 5 aromatic rings. The van der Waals surface area contributed by atoms with Gasteiger partial charge in [0.05, 0.1) is 18.8 Å². The first-order valence-electron chi connectivity index (χ1n) is 16.2.